The minimum atomic E-state index is -1.75. The Kier molecular flexibility index (Phi) is 6.25. The summed E-state index contributed by atoms with van der Waals surface area (Å²) in [5.41, 5.74) is 5.57. The molecule has 3 N–H and O–H groups in total. The highest BCUT2D eigenvalue weighted by molar-refractivity contribution is 6.74. The molecule has 0 fully saturated rings. The van der Waals surface area contributed by atoms with Crippen molar-refractivity contribution in [3.05, 3.63) is 42.3 Å². The predicted molar refractivity (Wildman–Crippen MR) is 107 cm³/mol. The number of pyridine rings is 1. The molecule has 142 valence electrons. The fourth-order valence-corrected chi connectivity index (χ4v) is 3.03. The Hall–Kier alpha value is -2.12. The monoisotopic (exact) mass is 377 g/mol. The number of nitrogens with one attached hydrogen (secondary N) is 1. The van der Waals surface area contributed by atoms with Gasteiger partial charge in [0.05, 0.1) is 12.3 Å². The van der Waals surface area contributed by atoms with Gasteiger partial charge in [0, 0.05) is 24.9 Å². The number of nitrogen functional groups attached to an aromatic ring is 1. The lowest BCUT2D eigenvalue weighted by Crippen LogP contribution is -2.41. The van der Waals surface area contributed by atoms with Crippen molar-refractivity contribution in [3.63, 3.8) is 0 Å². The van der Waals surface area contributed by atoms with Crippen molar-refractivity contribution in [1.82, 2.24) is 4.98 Å². The van der Waals surface area contributed by atoms with Gasteiger partial charge < -0.3 is 20.2 Å². The van der Waals surface area contributed by atoms with E-state index in [1.807, 2.05) is 0 Å². The molecule has 2 rings (SSSR count). The van der Waals surface area contributed by atoms with Gasteiger partial charge in [-0.1, -0.05) is 20.8 Å². The van der Waals surface area contributed by atoms with E-state index in [-0.39, 0.29) is 10.7 Å². The van der Waals surface area contributed by atoms with Gasteiger partial charge in [-0.15, -0.1) is 0 Å². The normalized spacial score (nSPS) is 12.1. The number of ether oxygens (including phenoxy) is 1. The average molecular weight is 378 g/mol. The number of hydrogen-bond acceptors (Lipinski definition) is 5. The van der Waals surface area contributed by atoms with Crippen molar-refractivity contribution in [2.45, 2.75) is 38.9 Å². The van der Waals surface area contributed by atoms with Crippen LogP contribution in [-0.2, 0) is 4.43 Å². The largest absolute Gasteiger partial charge is 0.457 e. The number of aromatic nitrogens is 1. The van der Waals surface area contributed by atoms with E-state index in [1.165, 1.54) is 12.1 Å². The standard InChI is InChI=1S/C19H28FN3O2Si/c1-19(2,3)26(4,5)24-11-10-23-18-13-15(8-9-22-18)25-14-6-7-17(21)16(20)12-14/h6-9,12-13H,10-11,21H2,1-5H3,(H,22,23). The molecule has 0 radical (unpaired) electrons. The van der Waals surface area contributed by atoms with Gasteiger partial charge in [0.2, 0.25) is 0 Å². The van der Waals surface area contributed by atoms with E-state index in [0.29, 0.717) is 30.5 Å². The molecule has 1 heterocycles. The number of anilines is 2. The Balaban J connectivity index is 1.90. The average Bonchev–Trinajstić information content (AvgIpc) is 2.54. The summed E-state index contributed by atoms with van der Waals surface area (Å²) in [5.74, 6) is 1.13. The van der Waals surface area contributed by atoms with Crippen LogP contribution in [0.4, 0.5) is 15.9 Å². The summed E-state index contributed by atoms with van der Waals surface area (Å²) in [7, 11) is -1.75. The quantitative estimate of drug-likeness (QED) is 0.402. The van der Waals surface area contributed by atoms with Gasteiger partial charge in [-0.2, -0.15) is 0 Å². The molecule has 0 aliphatic rings. The Morgan fingerprint density at radius 3 is 2.50 bits per heavy atom. The van der Waals surface area contributed by atoms with Crippen molar-refractivity contribution in [1.29, 1.82) is 0 Å². The summed E-state index contributed by atoms with van der Waals surface area (Å²) in [6, 6.07) is 7.84. The van der Waals surface area contributed by atoms with Crippen LogP contribution in [0.5, 0.6) is 11.5 Å². The molecular weight excluding hydrogens is 349 g/mol. The zero-order chi connectivity index (χ0) is 19.4. The first-order valence-electron chi connectivity index (χ1n) is 8.65. The molecule has 0 saturated carbocycles. The third-order valence-electron chi connectivity index (χ3n) is 4.62. The molecule has 1 aromatic heterocycles. The van der Waals surface area contributed by atoms with Crippen LogP contribution in [0.3, 0.4) is 0 Å². The van der Waals surface area contributed by atoms with Crippen molar-refractivity contribution in [2.75, 3.05) is 24.2 Å². The first-order chi connectivity index (χ1) is 12.1. The lowest BCUT2D eigenvalue weighted by atomic mass is 10.2. The van der Waals surface area contributed by atoms with Crippen LogP contribution in [-0.4, -0.2) is 26.5 Å². The van der Waals surface area contributed by atoms with Crippen LogP contribution in [0.1, 0.15) is 20.8 Å². The van der Waals surface area contributed by atoms with E-state index in [4.69, 9.17) is 14.9 Å². The highest BCUT2D eigenvalue weighted by atomic mass is 28.4. The molecule has 0 amide bonds. The zero-order valence-corrected chi connectivity index (χ0v) is 17.1. The Morgan fingerprint density at radius 2 is 1.85 bits per heavy atom. The number of hydrogen-bond donors (Lipinski definition) is 2. The second kappa shape index (κ2) is 8.05. The van der Waals surface area contributed by atoms with E-state index in [1.54, 1.807) is 24.4 Å². The van der Waals surface area contributed by atoms with Crippen LogP contribution >= 0.6 is 0 Å². The molecule has 0 atom stereocenters. The fourth-order valence-electron chi connectivity index (χ4n) is 1.98. The van der Waals surface area contributed by atoms with E-state index < -0.39 is 14.1 Å². The van der Waals surface area contributed by atoms with Crippen molar-refractivity contribution in [2.24, 2.45) is 0 Å². The maximum atomic E-state index is 13.5. The van der Waals surface area contributed by atoms with Crippen LogP contribution in [0, 0.1) is 5.82 Å². The van der Waals surface area contributed by atoms with Crippen molar-refractivity contribution >= 4 is 19.8 Å². The summed E-state index contributed by atoms with van der Waals surface area (Å²) in [5, 5.41) is 3.42. The minimum Gasteiger partial charge on any atom is -0.457 e. The molecule has 0 saturated heterocycles. The first kappa shape index (κ1) is 20.2. The summed E-state index contributed by atoms with van der Waals surface area (Å²) >= 11 is 0. The molecule has 0 aliphatic heterocycles. The minimum absolute atomic E-state index is 0.0937. The third kappa shape index (κ3) is 5.44. The SMILES string of the molecule is CC(C)(C)[Si](C)(C)OCCNc1cc(Oc2ccc(N)c(F)c2)ccn1. The zero-order valence-electron chi connectivity index (χ0n) is 16.1. The van der Waals surface area contributed by atoms with Crippen LogP contribution in [0.15, 0.2) is 36.5 Å². The molecule has 7 heteroatoms. The lowest BCUT2D eigenvalue weighted by Gasteiger charge is -2.36. The smallest absolute Gasteiger partial charge is 0.192 e. The molecule has 0 spiro atoms. The van der Waals surface area contributed by atoms with Gasteiger partial charge >= 0.3 is 0 Å². The van der Waals surface area contributed by atoms with E-state index in [2.05, 4.69) is 44.2 Å². The first-order valence-corrected chi connectivity index (χ1v) is 11.6. The van der Waals surface area contributed by atoms with Gasteiger partial charge in [-0.05, 0) is 36.3 Å². The topological polar surface area (TPSA) is 69.4 Å². The van der Waals surface area contributed by atoms with Gasteiger partial charge in [-0.3, -0.25) is 0 Å². The van der Waals surface area contributed by atoms with Gasteiger partial charge in [-0.25, -0.2) is 9.37 Å². The Bertz CT molecular complexity index is 748. The fraction of sp³-hybridized carbons (Fsp3) is 0.421. The molecule has 2 aromatic rings. The van der Waals surface area contributed by atoms with Gasteiger partial charge in [0.25, 0.3) is 0 Å². The van der Waals surface area contributed by atoms with E-state index in [0.717, 1.165) is 0 Å². The second-order valence-corrected chi connectivity index (χ2v) is 12.5. The highest BCUT2D eigenvalue weighted by Gasteiger charge is 2.36. The second-order valence-electron chi connectivity index (χ2n) is 7.70. The number of nitrogens with two attached hydrogens (primary N) is 1. The van der Waals surface area contributed by atoms with Crippen LogP contribution < -0.4 is 15.8 Å². The Labute approximate surface area is 155 Å². The number of benzene rings is 1. The molecule has 5 nitrogen and oxygen atoms in total. The summed E-state index contributed by atoms with van der Waals surface area (Å²) in [6.07, 6.45) is 1.64. The van der Waals surface area contributed by atoms with Crippen molar-refractivity contribution < 1.29 is 13.6 Å². The maximum absolute atomic E-state index is 13.5. The number of rotatable bonds is 7. The summed E-state index contributed by atoms with van der Waals surface area (Å²) in [4.78, 5) is 4.27. The Morgan fingerprint density at radius 1 is 1.15 bits per heavy atom. The number of nitrogens with zero attached hydrogens (tertiary/aromatic N) is 1. The van der Waals surface area contributed by atoms with E-state index >= 15 is 0 Å². The molecule has 0 aliphatic carbocycles. The molecule has 1 aromatic carbocycles. The van der Waals surface area contributed by atoms with Gasteiger partial charge in [0.1, 0.15) is 23.1 Å². The summed E-state index contributed by atoms with van der Waals surface area (Å²) in [6.45, 7) is 12.4. The molecule has 0 unspecified atom stereocenters. The predicted octanol–water partition coefficient (Wildman–Crippen LogP) is 5.03. The lowest BCUT2D eigenvalue weighted by molar-refractivity contribution is 0.301. The van der Waals surface area contributed by atoms with E-state index in [9.17, 15) is 4.39 Å². The highest BCUT2D eigenvalue weighted by Crippen LogP contribution is 2.36. The van der Waals surface area contributed by atoms with Crippen molar-refractivity contribution in [3.8, 4) is 11.5 Å². The van der Waals surface area contributed by atoms with Crippen LogP contribution in [0.25, 0.3) is 0 Å². The van der Waals surface area contributed by atoms with Gasteiger partial charge in [0.15, 0.2) is 8.32 Å². The van der Waals surface area contributed by atoms with Crippen LogP contribution in [0.2, 0.25) is 18.1 Å². The summed E-state index contributed by atoms with van der Waals surface area (Å²) < 4.78 is 25.3. The number of halogens is 1. The molecular formula is C19H28FN3O2Si. The molecule has 0 bridgehead atoms. The third-order valence-corrected chi connectivity index (χ3v) is 9.15. The molecule has 26 heavy (non-hydrogen) atoms. The maximum Gasteiger partial charge on any atom is 0.192 e.